The summed E-state index contributed by atoms with van der Waals surface area (Å²) in [7, 11) is 0. The molecule has 1 atom stereocenters. The van der Waals surface area contributed by atoms with Crippen LogP contribution in [-0.4, -0.2) is 27.5 Å². The number of nitrogens with one attached hydrogen (secondary N) is 1. The molecule has 1 fully saturated rings. The molecule has 2 aromatic rings. The van der Waals surface area contributed by atoms with Crippen LogP contribution in [0.3, 0.4) is 0 Å². The lowest BCUT2D eigenvalue weighted by Gasteiger charge is -2.11. The molecule has 4 nitrogen and oxygen atoms in total. The molecule has 108 valence electrons. The molecule has 3 rings (SSSR count). The van der Waals surface area contributed by atoms with Gasteiger partial charge in [0.2, 0.25) is 0 Å². The van der Waals surface area contributed by atoms with Crippen LogP contribution in [0.25, 0.3) is 11.4 Å². The van der Waals surface area contributed by atoms with Gasteiger partial charge in [0, 0.05) is 22.4 Å². The topological polar surface area (TPSA) is 42.8 Å². The molecule has 1 aliphatic rings. The molecule has 0 radical (unpaired) electrons. The molecule has 1 N–H and O–H groups in total. The van der Waals surface area contributed by atoms with E-state index in [9.17, 15) is 0 Å². The number of thiophene rings is 1. The van der Waals surface area contributed by atoms with Gasteiger partial charge in [-0.1, -0.05) is 13.8 Å². The third-order valence-corrected chi connectivity index (χ3v) is 5.16. The lowest BCUT2D eigenvalue weighted by Crippen LogP contribution is -2.15. The highest BCUT2D eigenvalue weighted by molar-refractivity contribution is 7.71. The number of hydrogen-bond donors (Lipinski definition) is 1. The van der Waals surface area contributed by atoms with Crippen molar-refractivity contribution in [2.24, 2.45) is 0 Å². The van der Waals surface area contributed by atoms with E-state index in [4.69, 9.17) is 17.0 Å². The average molecular weight is 309 g/mol. The van der Waals surface area contributed by atoms with Crippen molar-refractivity contribution < 1.29 is 4.74 Å². The normalized spacial score (nSPS) is 19.1. The van der Waals surface area contributed by atoms with Crippen LogP contribution < -0.4 is 0 Å². The van der Waals surface area contributed by atoms with Gasteiger partial charge in [0.25, 0.3) is 0 Å². The highest BCUT2D eigenvalue weighted by Crippen LogP contribution is 2.29. The van der Waals surface area contributed by atoms with Crippen LogP contribution in [0.5, 0.6) is 0 Å². The first kappa shape index (κ1) is 14.0. The Labute approximate surface area is 127 Å². The molecule has 0 spiro atoms. The maximum absolute atomic E-state index is 5.71. The third kappa shape index (κ3) is 2.73. The van der Waals surface area contributed by atoms with Gasteiger partial charge < -0.3 is 4.74 Å². The molecule has 0 amide bonds. The Morgan fingerprint density at radius 3 is 3.10 bits per heavy atom. The standard InChI is InChI=1S/C14H19N3OS2/c1-9(2)12-6-10(8-20-12)13-15-16-14(19)17(13)7-11-4-3-5-18-11/h6,8-9,11H,3-5,7H2,1-2H3,(H,16,19)/t11-/m1/s1. The number of H-pyrrole nitrogens is 1. The van der Waals surface area contributed by atoms with E-state index in [1.807, 2.05) is 0 Å². The first-order valence-electron chi connectivity index (χ1n) is 7.00. The van der Waals surface area contributed by atoms with Crippen LogP contribution in [0.15, 0.2) is 11.4 Å². The Hall–Kier alpha value is -0.980. The maximum Gasteiger partial charge on any atom is 0.195 e. The van der Waals surface area contributed by atoms with E-state index in [0.29, 0.717) is 10.7 Å². The van der Waals surface area contributed by atoms with Gasteiger partial charge >= 0.3 is 0 Å². The van der Waals surface area contributed by atoms with E-state index in [1.54, 1.807) is 11.3 Å². The van der Waals surface area contributed by atoms with Crippen molar-refractivity contribution in [3.05, 3.63) is 21.1 Å². The molecule has 20 heavy (non-hydrogen) atoms. The van der Waals surface area contributed by atoms with Gasteiger partial charge in [-0.05, 0) is 37.0 Å². The van der Waals surface area contributed by atoms with Crippen molar-refractivity contribution in [3.63, 3.8) is 0 Å². The van der Waals surface area contributed by atoms with Gasteiger partial charge in [-0.25, -0.2) is 0 Å². The summed E-state index contributed by atoms with van der Waals surface area (Å²) < 4.78 is 8.45. The summed E-state index contributed by atoms with van der Waals surface area (Å²) in [5, 5.41) is 9.47. The largest absolute Gasteiger partial charge is 0.376 e. The van der Waals surface area contributed by atoms with Crippen LogP contribution in [0.1, 0.15) is 37.5 Å². The van der Waals surface area contributed by atoms with Crippen molar-refractivity contribution in [2.45, 2.75) is 45.3 Å². The van der Waals surface area contributed by atoms with Gasteiger partial charge in [0.1, 0.15) is 0 Å². The Balaban J connectivity index is 1.90. The van der Waals surface area contributed by atoms with Crippen LogP contribution in [0.4, 0.5) is 0 Å². The summed E-state index contributed by atoms with van der Waals surface area (Å²) in [4.78, 5) is 1.37. The summed E-state index contributed by atoms with van der Waals surface area (Å²) in [6, 6.07) is 2.21. The number of nitrogens with zero attached hydrogens (tertiary/aromatic N) is 2. The second kappa shape index (κ2) is 5.79. The second-order valence-corrected chi connectivity index (χ2v) is 6.82. The Morgan fingerprint density at radius 1 is 1.60 bits per heavy atom. The fourth-order valence-corrected chi connectivity index (χ4v) is 3.58. The van der Waals surface area contributed by atoms with Crippen molar-refractivity contribution in [3.8, 4) is 11.4 Å². The number of rotatable bonds is 4. The van der Waals surface area contributed by atoms with E-state index < -0.39 is 0 Å². The van der Waals surface area contributed by atoms with E-state index in [2.05, 4.69) is 40.1 Å². The summed E-state index contributed by atoms with van der Waals surface area (Å²) in [5.41, 5.74) is 1.14. The number of hydrogen-bond acceptors (Lipinski definition) is 4. The minimum Gasteiger partial charge on any atom is -0.376 e. The van der Waals surface area contributed by atoms with E-state index in [-0.39, 0.29) is 6.10 Å². The molecule has 0 bridgehead atoms. The van der Waals surface area contributed by atoms with E-state index in [0.717, 1.165) is 37.4 Å². The summed E-state index contributed by atoms with van der Waals surface area (Å²) in [5.74, 6) is 1.47. The highest BCUT2D eigenvalue weighted by atomic mass is 32.1. The van der Waals surface area contributed by atoms with Gasteiger partial charge in [0.15, 0.2) is 10.6 Å². The fraction of sp³-hybridized carbons (Fsp3) is 0.571. The van der Waals surface area contributed by atoms with Crippen LogP contribution in [-0.2, 0) is 11.3 Å². The van der Waals surface area contributed by atoms with Gasteiger partial charge in [-0.15, -0.1) is 11.3 Å². The molecule has 6 heteroatoms. The maximum atomic E-state index is 5.71. The predicted octanol–water partition coefficient (Wildman–Crippen LogP) is 3.97. The number of ether oxygens (including phenoxy) is 1. The smallest absolute Gasteiger partial charge is 0.195 e. The number of aromatic nitrogens is 3. The minimum atomic E-state index is 0.265. The summed E-state index contributed by atoms with van der Waals surface area (Å²) >= 11 is 7.14. The Kier molecular flexibility index (Phi) is 4.05. The monoisotopic (exact) mass is 309 g/mol. The number of aromatic amines is 1. The van der Waals surface area contributed by atoms with Gasteiger partial charge in [-0.2, -0.15) is 5.10 Å². The van der Waals surface area contributed by atoms with E-state index >= 15 is 0 Å². The van der Waals surface area contributed by atoms with Crippen molar-refractivity contribution in [2.75, 3.05) is 6.61 Å². The molecule has 0 saturated carbocycles. The van der Waals surface area contributed by atoms with Gasteiger partial charge in [-0.3, -0.25) is 9.67 Å². The lowest BCUT2D eigenvalue weighted by atomic mass is 10.1. The SMILES string of the molecule is CC(C)c1cc(-c2n[nH]c(=S)n2C[C@H]2CCCO2)cs1. The summed E-state index contributed by atoms with van der Waals surface area (Å²) in [6.45, 7) is 6.07. The zero-order valence-electron chi connectivity index (χ0n) is 11.8. The molecule has 2 aromatic heterocycles. The quantitative estimate of drug-likeness (QED) is 0.869. The minimum absolute atomic E-state index is 0.265. The molecular formula is C14H19N3OS2. The first-order chi connectivity index (χ1) is 9.65. The van der Waals surface area contributed by atoms with Gasteiger partial charge in [0.05, 0.1) is 12.6 Å². The van der Waals surface area contributed by atoms with Crippen molar-refractivity contribution in [1.82, 2.24) is 14.8 Å². The molecule has 3 heterocycles. The molecule has 1 aliphatic heterocycles. The summed E-state index contributed by atoms with van der Waals surface area (Å²) in [6.07, 6.45) is 2.51. The zero-order chi connectivity index (χ0) is 14.1. The zero-order valence-corrected chi connectivity index (χ0v) is 13.4. The fourth-order valence-electron chi connectivity index (χ4n) is 2.47. The average Bonchev–Trinajstić information content (AvgIpc) is 3.12. The van der Waals surface area contributed by atoms with Crippen molar-refractivity contribution >= 4 is 23.6 Å². The van der Waals surface area contributed by atoms with E-state index in [1.165, 1.54) is 4.88 Å². The lowest BCUT2D eigenvalue weighted by molar-refractivity contribution is 0.0970. The molecular weight excluding hydrogens is 290 g/mol. The first-order valence-corrected chi connectivity index (χ1v) is 8.29. The predicted molar refractivity (Wildman–Crippen MR) is 83.8 cm³/mol. The molecule has 0 unspecified atom stereocenters. The Morgan fingerprint density at radius 2 is 2.45 bits per heavy atom. The van der Waals surface area contributed by atoms with Crippen LogP contribution in [0.2, 0.25) is 0 Å². The van der Waals surface area contributed by atoms with Crippen LogP contribution >= 0.6 is 23.6 Å². The Bertz CT molecular complexity index is 635. The van der Waals surface area contributed by atoms with Crippen LogP contribution in [0, 0.1) is 4.77 Å². The van der Waals surface area contributed by atoms with Crippen molar-refractivity contribution in [1.29, 1.82) is 0 Å². The third-order valence-electron chi connectivity index (χ3n) is 3.62. The highest BCUT2D eigenvalue weighted by Gasteiger charge is 2.19. The molecule has 0 aliphatic carbocycles. The second-order valence-electron chi connectivity index (χ2n) is 5.49. The molecule has 1 saturated heterocycles. The molecule has 0 aromatic carbocycles.